The molecule has 0 aromatic carbocycles. The van der Waals surface area contributed by atoms with E-state index in [0.29, 0.717) is 6.61 Å². The lowest BCUT2D eigenvalue weighted by Gasteiger charge is -1.98. The monoisotopic (exact) mass is 144 g/mol. The smallest absolute Gasteiger partial charge is 0.243 e. The quantitative estimate of drug-likeness (QED) is 0.552. The van der Waals surface area contributed by atoms with E-state index in [9.17, 15) is 4.79 Å². The third-order valence-corrected chi connectivity index (χ3v) is 1.03. The maximum Gasteiger partial charge on any atom is 0.243 e. The Balaban J connectivity index is 2.84. The summed E-state index contributed by atoms with van der Waals surface area (Å²) >= 11 is 0. The Morgan fingerprint density at radius 1 is 1.50 bits per heavy atom. The zero-order chi connectivity index (χ0) is 7.82. The molecule has 0 aromatic rings. The van der Waals surface area contributed by atoms with Gasteiger partial charge in [-0.2, -0.15) is 0 Å². The van der Waals surface area contributed by atoms with Crippen LogP contribution in [0.5, 0.6) is 0 Å². The van der Waals surface area contributed by atoms with Gasteiger partial charge in [0.15, 0.2) is 0 Å². The fraction of sp³-hybridized carbons (Fsp3) is 0.714. The van der Waals surface area contributed by atoms with Crippen LogP contribution in [0.3, 0.4) is 0 Å². The van der Waals surface area contributed by atoms with Crippen molar-refractivity contribution >= 4 is 5.91 Å². The summed E-state index contributed by atoms with van der Waals surface area (Å²) in [5.74, 6) is -0.408. The van der Waals surface area contributed by atoms with E-state index >= 15 is 0 Å². The first kappa shape index (κ1) is 9.43. The second-order valence-corrected chi connectivity index (χ2v) is 2.08. The lowest BCUT2D eigenvalue weighted by Crippen LogP contribution is -2.18. The summed E-state index contributed by atoms with van der Waals surface area (Å²) in [5, 5.41) is 0. The van der Waals surface area contributed by atoms with Crippen molar-refractivity contribution in [3.63, 3.8) is 0 Å². The molecule has 1 amide bonds. The van der Waals surface area contributed by atoms with Gasteiger partial charge in [0.05, 0.1) is 0 Å². The molecule has 0 atom stereocenters. The van der Waals surface area contributed by atoms with E-state index in [1.54, 1.807) is 0 Å². The first-order valence-corrected chi connectivity index (χ1v) is 3.42. The fourth-order valence-corrected chi connectivity index (χ4v) is 0.554. The highest BCUT2D eigenvalue weighted by Crippen LogP contribution is 1.92. The van der Waals surface area contributed by atoms with Gasteiger partial charge in [-0.15, -0.1) is 0 Å². The lowest BCUT2D eigenvalue weighted by atomic mass is 10.3. The molecule has 0 unspecified atom stereocenters. The topological polar surface area (TPSA) is 52.3 Å². The number of primary amides is 1. The molecule has 3 nitrogen and oxygen atoms in total. The van der Waals surface area contributed by atoms with Crippen LogP contribution in [0.15, 0.2) is 0 Å². The minimum atomic E-state index is -0.408. The van der Waals surface area contributed by atoms with Crippen molar-refractivity contribution in [2.75, 3.05) is 13.2 Å². The van der Waals surface area contributed by atoms with Crippen LogP contribution in [0, 0.1) is 6.92 Å². The predicted molar refractivity (Wildman–Crippen MR) is 39.2 cm³/mol. The van der Waals surface area contributed by atoms with Gasteiger partial charge >= 0.3 is 0 Å². The SMILES string of the molecule is [CH2]CCCCOCC(N)=O. The third-order valence-electron chi connectivity index (χ3n) is 1.03. The van der Waals surface area contributed by atoms with Crippen LogP contribution >= 0.6 is 0 Å². The predicted octanol–water partition coefficient (Wildman–Crippen LogP) is 0.493. The molecule has 0 aliphatic carbocycles. The van der Waals surface area contributed by atoms with Crippen LogP contribution in [0.1, 0.15) is 19.3 Å². The summed E-state index contributed by atoms with van der Waals surface area (Å²) < 4.78 is 4.89. The highest BCUT2D eigenvalue weighted by molar-refractivity contribution is 5.74. The molecule has 0 heterocycles. The number of ether oxygens (including phenoxy) is 1. The minimum Gasteiger partial charge on any atom is -0.372 e. The maximum atomic E-state index is 10.1. The largest absolute Gasteiger partial charge is 0.372 e. The van der Waals surface area contributed by atoms with Crippen molar-refractivity contribution in [3.8, 4) is 0 Å². The summed E-state index contributed by atoms with van der Waals surface area (Å²) in [7, 11) is 0. The van der Waals surface area contributed by atoms with Crippen LogP contribution in [0.4, 0.5) is 0 Å². The van der Waals surface area contributed by atoms with E-state index in [2.05, 4.69) is 6.92 Å². The summed E-state index contributed by atoms with van der Waals surface area (Å²) in [6.07, 6.45) is 2.91. The van der Waals surface area contributed by atoms with Crippen LogP contribution in [0.25, 0.3) is 0 Å². The van der Waals surface area contributed by atoms with Crippen LogP contribution < -0.4 is 5.73 Å². The van der Waals surface area contributed by atoms with Crippen LogP contribution in [-0.4, -0.2) is 19.1 Å². The Morgan fingerprint density at radius 2 is 2.20 bits per heavy atom. The fourth-order valence-electron chi connectivity index (χ4n) is 0.554. The average Bonchev–Trinajstić information content (AvgIpc) is 1.87. The van der Waals surface area contributed by atoms with E-state index in [4.69, 9.17) is 10.5 Å². The molecular formula is C7H14NO2. The normalized spacial score (nSPS) is 9.70. The van der Waals surface area contributed by atoms with Crippen molar-refractivity contribution in [1.29, 1.82) is 0 Å². The summed E-state index contributed by atoms with van der Waals surface area (Å²) in [6, 6.07) is 0. The van der Waals surface area contributed by atoms with Gasteiger partial charge in [-0.25, -0.2) is 0 Å². The third kappa shape index (κ3) is 7.43. The van der Waals surface area contributed by atoms with Crippen LogP contribution in [0.2, 0.25) is 0 Å². The number of nitrogens with two attached hydrogens (primary N) is 1. The van der Waals surface area contributed by atoms with E-state index in [1.807, 2.05) is 0 Å². The van der Waals surface area contributed by atoms with E-state index in [0.717, 1.165) is 19.3 Å². The number of unbranched alkanes of at least 4 members (excludes halogenated alkanes) is 2. The molecule has 0 bridgehead atoms. The Kier molecular flexibility index (Phi) is 6.18. The summed E-state index contributed by atoms with van der Waals surface area (Å²) in [5.41, 5.74) is 4.83. The number of rotatable bonds is 6. The van der Waals surface area contributed by atoms with E-state index < -0.39 is 5.91 Å². The van der Waals surface area contributed by atoms with Gasteiger partial charge in [-0.1, -0.05) is 19.8 Å². The van der Waals surface area contributed by atoms with E-state index in [-0.39, 0.29) is 6.61 Å². The molecule has 0 spiro atoms. The standard InChI is InChI=1S/C7H14NO2/c1-2-3-4-5-10-6-7(8)9/h1-6H2,(H2,8,9). The molecule has 0 saturated carbocycles. The Labute approximate surface area is 61.5 Å². The minimum absolute atomic E-state index is 0.0388. The molecule has 0 aromatic heterocycles. The zero-order valence-electron chi connectivity index (χ0n) is 6.14. The average molecular weight is 144 g/mol. The van der Waals surface area contributed by atoms with Gasteiger partial charge < -0.3 is 10.5 Å². The Bertz CT molecular complexity index is 93.6. The van der Waals surface area contributed by atoms with Gasteiger partial charge in [-0.3, -0.25) is 4.79 Å². The number of amides is 1. The van der Waals surface area contributed by atoms with Crippen molar-refractivity contribution in [2.45, 2.75) is 19.3 Å². The van der Waals surface area contributed by atoms with Crippen molar-refractivity contribution in [2.24, 2.45) is 5.73 Å². The Morgan fingerprint density at radius 3 is 2.70 bits per heavy atom. The zero-order valence-corrected chi connectivity index (χ0v) is 6.14. The molecule has 0 aliphatic heterocycles. The van der Waals surface area contributed by atoms with Gasteiger partial charge in [0.2, 0.25) is 5.91 Å². The Hall–Kier alpha value is -0.570. The van der Waals surface area contributed by atoms with Crippen LogP contribution in [-0.2, 0) is 9.53 Å². The molecule has 3 heteroatoms. The van der Waals surface area contributed by atoms with Crippen molar-refractivity contribution in [1.82, 2.24) is 0 Å². The molecule has 1 radical (unpaired) electrons. The number of carbonyl (C=O) groups excluding carboxylic acids is 1. The molecule has 0 fully saturated rings. The first-order valence-electron chi connectivity index (χ1n) is 3.42. The molecule has 59 valence electrons. The molecule has 0 saturated heterocycles. The van der Waals surface area contributed by atoms with Gasteiger partial charge in [0.25, 0.3) is 0 Å². The second kappa shape index (κ2) is 6.55. The summed E-state index contributed by atoms with van der Waals surface area (Å²) in [6.45, 7) is 4.32. The number of carbonyl (C=O) groups is 1. The number of hydrogen-bond acceptors (Lipinski definition) is 2. The second-order valence-electron chi connectivity index (χ2n) is 2.08. The molecular weight excluding hydrogens is 130 g/mol. The highest BCUT2D eigenvalue weighted by atomic mass is 16.5. The number of hydrogen-bond donors (Lipinski definition) is 1. The summed E-state index contributed by atoms with van der Waals surface area (Å²) in [4.78, 5) is 10.1. The highest BCUT2D eigenvalue weighted by Gasteiger charge is 1.92. The molecule has 0 aliphatic rings. The lowest BCUT2D eigenvalue weighted by molar-refractivity contribution is -0.122. The van der Waals surface area contributed by atoms with Gasteiger partial charge in [0.1, 0.15) is 6.61 Å². The van der Waals surface area contributed by atoms with Gasteiger partial charge in [-0.05, 0) is 6.42 Å². The molecule has 0 rings (SSSR count). The molecule has 2 N–H and O–H groups in total. The first-order chi connectivity index (χ1) is 4.77. The van der Waals surface area contributed by atoms with E-state index in [1.165, 1.54) is 0 Å². The van der Waals surface area contributed by atoms with Gasteiger partial charge in [0, 0.05) is 6.61 Å². The van der Waals surface area contributed by atoms with Crippen molar-refractivity contribution < 1.29 is 9.53 Å². The van der Waals surface area contributed by atoms with Crippen molar-refractivity contribution in [3.05, 3.63) is 6.92 Å². The maximum absolute atomic E-state index is 10.1. The molecule has 10 heavy (non-hydrogen) atoms.